The minimum atomic E-state index is -1.43. The molecule has 3 rings (SSSR count). The van der Waals surface area contributed by atoms with E-state index >= 15 is 0 Å². The number of carbonyl (C=O) groups is 1. The van der Waals surface area contributed by atoms with Gasteiger partial charge in [0.2, 0.25) is 0 Å². The van der Waals surface area contributed by atoms with Crippen molar-refractivity contribution in [3.8, 4) is 0 Å². The second kappa shape index (κ2) is 10.2. The maximum Gasteiger partial charge on any atom is 0.306 e. The van der Waals surface area contributed by atoms with Crippen molar-refractivity contribution in [3.63, 3.8) is 0 Å². The van der Waals surface area contributed by atoms with Crippen LogP contribution in [0.3, 0.4) is 0 Å². The molecule has 1 heterocycles. The first kappa shape index (κ1) is 23.1. The molecule has 2 aliphatic rings. The van der Waals surface area contributed by atoms with E-state index in [2.05, 4.69) is 6.92 Å². The van der Waals surface area contributed by atoms with Gasteiger partial charge in [0, 0.05) is 5.41 Å². The zero-order valence-electron chi connectivity index (χ0n) is 17.8. The molecule has 6 heteroatoms. The highest BCUT2D eigenvalue weighted by Crippen LogP contribution is 2.44. The van der Waals surface area contributed by atoms with Crippen molar-refractivity contribution >= 4 is 5.97 Å². The molecule has 0 aromatic heterocycles. The highest BCUT2D eigenvalue weighted by atomic mass is 19.2. The molecule has 1 aromatic rings. The third-order valence-corrected chi connectivity index (χ3v) is 7.10. The summed E-state index contributed by atoms with van der Waals surface area (Å²) in [6, 6.07) is 2.19. The fraction of sp³-hybridized carbons (Fsp3) is 0.708. The van der Waals surface area contributed by atoms with Crippen LogP contribution < -0.4 is 0 Å². The number of hydrogen-bond acceptors (Lipinski definition) is 2. The van der Waals surface area contributed by atoms with Gasteiger partial charge in [0.1, 0.15) is 0 Å². The monoisotopic (exact) mass is 426 g/mol. The van der Waals surface area contributed by atoms with Crippen molar-refractivity contribution < 1.29 is 27.8 Å². The van der Waals surface area contributed by atoms with Crippen LogP contribution in [0.5, 0.6) is 0 Å². The summed E-state index contributed by atoms with van der Waals surface area (Å²) in [6.07, 6.45) is 8.89. The summed E-state index contributed by atoms with van der Waals surface area (Å²) in [4.78, 5) is 12.0. The van der Waals surface area contributed by atoms with E-state index in [1.807, 2.05) is 0 Å². The number of benzene rings is 1. The second-order valence-electron chi connectivity index (χ2n) is 9.44. The lowest BCUT2D eigenvalue weighted by Crippen LogP contribution is -2.45. The Morgan fingerprint density at radius 2 is 1.77 bits per heavy atom. The zero-order valence-corrected chi connectivity index (χ0v) is 17.8. The van der Waals surface area contributed by atoms with Crippen molar-refractivity contribution in [2.45, 2.75) is 77.0 Å². The molecule has 1 unspecified atom stereocenters. The summed E-state index contributed by atoms with van der Waals surface area (Å²) in [7, 11) is 0. The maximum atomic E-state index is 13.5. The van der Waals surface area contributed by atoms with Crippen LogP contribution in [-0.2, 0) is 9.53 Å². The number of unbranched alkanes of at least 4 members (excludes halogenated alkanes) is 2. The van der Waals surface area contributed by atoms with Crippen molar-refractivity contribution in [3.05, 3.63) is 35.1 Å². The third kappa shape index (κ3) is 5.57. The minimum Gasteiger partial charge on any atom is -0.481 e. The van der Waals surface area contributed by atoms with E-state index in [0.29, 0.717) is 37.5 Å². The van der Waals surface area contributed by atoms with Crippen LogP contribution >= 0.6 is 0 Å². The first-order chi connectivity index (χ1) is 14.3. The summed E-state index contributed by atoms with van der Waals surface area (Å²) in [6.45, 7) is 3.49. The third-order valence-electron chi connectivity index (χ3n) is 7.10. The average molecular weight is 427 g/mol. The molecular formula is C24H33F3O3. The fourth-order valence-corrected chi connectivity index (χ4v) is 5.24. The topological polar surface area (TPSA) is 46.5 Å². The molecule has 0 bridgehead atoms. The summed E-state index contributed by atoms with van der Waals surface area (Å²) in [5.74, 6) is -4.53. The Balaban J connectivity index is 1.55. The Bertz CT molecular complexity index is 701. The standard InChI is InChI=1S/C24H33F3O3/c1-2-3-4-9-24(14-30-15-24)13-19(23(28)29)10-16-5-7-17(8-6-16)18-11-20(25)22(27)21(26)12-18/h11-12,16-17,19H,2-10,13-15H2,1H3,(H,28,29). The molecule has 168 valence electrons. The lowest BCUT2D eigenvalue weighted by molar-refractivity contribution is -0.155. The average Bonchev–Trinajstić information content (AvgIpc) is 2.69. The van der Waals surface area contributed by atoms with E-state index < -0.39 is 23.4 Å². The summed E-state index contributed by atoms with van der Waals surface area (Å²) in [5.41, 5.74) is 0.514. The van der Waals surface area contributed by atoms with E-state index in [1.165, 1.54) is 0 Å². The molecule has 1 saturated carbocycles. The van der Waals surface area contributed by atoms with Gasteiger partial charge in [0.15, 0.2) is 17.5 Å². The summed E-state index contributed by atoms with van der Waals surface area (Å²) < 4.78 is 45.8. The second-order valence-corrected chi connectivity index (χ2v) is 9.44. The number of ether oxygens (including phenoxy) is 1. The normalized spacial score (nSPS) is 24.3. The molecule has 1 atom stereocenters. The maximum absolute atomic E-state index is 13.5. The fourth-order valence-electron chi connectivity index (χ4n) is 5.24. The molecule has 0 spiro atoms. The molecular weight excluding hydrogens is 393 g/mol. The lowest BCUT2D eigenvalue weighted by atomic mass is 9.70. The predicted octanol–water partition coefficient (Wildman–Crippen LogP) is 6.46. The largest absolute Gasteiger partial charge is 0.481 e. The number of rotatable bonds is 10. The van der Waals surface area contributed by atoms with Crippen LogP contribution in [0.4, 0.5) is 13.2 Å². The number of carboxylic acids is 1. The lowest BCUT2D eigenvalue weighted by Gasteiger charge is -2.44. The van der Waals surface area contributed by atoms with Gasteiger partial charge in [-0.1, -0.05) is 26.2 Å². The Morgan fingerprint density at radius 1 is 1.13 bits per heavy atom. The van der Waals surface area contributed by atoms with E-state index in [1.54, 1.807) is 0 Å². The number of hydrogen-bond donors (Lipinski definition) is 1. The molecule has 2 fully saturated rings. The van der Waals surface area contributed by atoms with Gasteiger partial charge in [-0.05, 0) is 74.5 Å². The molecule has 3 nitrogen and oxygen atoms in total. The van der Waals surface area contributed by atoms with Gasteiger partial charge in [-0.25, -0.2) is 13.2 Å². The summed E-state index contributed by atoms with van der Waals surface area (Å²) >= 11 is 0. The first-order valence-electron chi connectivity index (χ1n) is 11.3. The first-order valence-corrected chi connectivity index (χ1v) is 11.3. The van der Waals surface area contributed by atoms with E-state index in [9.17, 15) is 23.1 Å². The molecule has 1 N–H and O–H groups in total. The molecule has 1 aliphatic heterocycles. The molecule has 0 radical (unpaired) electrons. The zero-order chi connectivity index (χ0) is 21.7. The summed E-state index contributed by atoms with van der Waals surface area (Å²) in [5, 5.41) is 9.82. The van der Waals surface area contributed by atoms with E-state index in [0.717, 1.165) is 63.5 Å². The molecule has 1 aromatic carbocycles. The molecule has 1 aliphatic carbocycles. The highest BCUT2D eigenvalue weighted by Gasteiger charge is 2.42. The van der Waals surface area contributed by atoms with Gasteiger partial charge in [-0.2, -0.15) is 0 Å². The Kier molecular flexibility index (Phi) is 7.83. The predicted molar refractivity (Wildman–Crippen MR) is 109 cm³/mol. The van der Waals surface area contributed by atoms with E-state index in [-0.39, 0.29) is 17.3 Å². The van der Waals surface area contributed by atoms with Gasteiger partial charge < -0.3 is 9.84 Å². The van der Waals surface area contributed by atoms with E-state index in [4.69, 9.17) is 4.74 Å². The highest BCUT2D eigenvalue weighted by molar-refractivity contribution is 5.70. The van der Waals surface area contributed by atoms with Crippen LogP contribution in [0.15, 0.2) is 12.1 Å². The number of halogens is 3. The van der Waals surface area contributed by atoms with Crippen LogP contribution in [-0.4, -0.2) is 24.3 Å². The number of carboxylic acid groups (broad SMARTS) is 1. The van der Waals surface area contributed by atoms with Crippen molar-refractivity contribution in [1.82, 2.24) is 0 Å². The van der Waals surface area contributed by atoms with Gasteiger partial charge in [-0.15, -0.1) is 0 Å². The van der Waals surface area contributed by atoms with Crippen LogP contribution in [0.2, 0.25) is 0 Å². The van der Waals surface area contributed by atoms with Crippen molar-refractivity contribution in [2.24, 2.45) is 17.3 Å². The van der Waals surface area contributed by atoms with Crippen LogP contribution in [0, 0.1) is 34.7 Å². The SMILES string of the molecule is CCCCCC1(CC(CC2CCC(c3cc(F)c(F)c(F)c3)CC2)C(=O)O)COC1. The quantitative estimate of drug-likeness (QED) is 0.345. The number of aliphatic carboxylic acids is 1. The van der Waals surface area contributed by atoms with Crippen LogP contribution in [0.1, 0.15) is 82.6 Å². The molecule has 1 saturated heterocycles. The Hall–Kier alpha value is -1.56. The Labute approximate surface area is 177 Å². The van der Waals surface area contributed by atoms with Gasteiger partial charge in [-0.3, -0.25) is 4.79 Å². The van der Waals surface area contributed by atoms with Crippen molar-refractivity contribution in [2.75, 3.05) is 13.2 Å². The van der Waals surface area contributed by atoms with Crippen molar-refractivity contribution in [1.29, 1.82) is 0 Å². The molecule has 30 heavy (non-hydrogen) atoms. The van der Waals surface area contributed by atoms with Crippen LogP contribution in [0.25, 0.3) is 0 Å². The van der Waals surface area contributed by atoms with Gasteiger partial charge in [0.25, 0.3) is 0 Å². The minimum absolute atomic E-state index is 0.00505. The smallest absolute Gasteiger partial charge is 0.306 e. The Morgan fingerprint density at radius 3 is 2.27 bits per heavy atom. The molecule has 0 amide bonds. The van der Waals surface area contributed by atoms with Gasteiger partial charge in [0.05, 0.1) is 19.1 Å². The van der Waals surface area contributed by atoms with Gasteiger partial charge >= 0.3 is 5.97 Å².